The van der Waals surface area contributed by atoms with Crippen LogP contribution in [-0.2, 0) is 9.53 Å². The Hall–Kier alpha value is -2.48. The molecule has 2 rings (SSSR count). The van der Waals surface area contributed by atoms with Crippen LogP contribution >= 0.6 is 0 Å². The average Bonchev–Trinajstić information content (AvgIpc) is 3.02. The number of hydrogen-bond donors (Lipinski definition) is 1. The van der Waals surface area contributed by atoms with E-state index in [-0.39, 0.29) is 18.6 Å². The number of hydrogen-bond acceptors (Lipinski definition) is 7. The summed E-state index contributed by atoms with van der Waals surface area (Å²) in [7, 11) is 4.40. The molecule has 2 atom stereocenters. The standard InChI is InChI=1S/C18H25NO7/c1-10(2)13-9-26-18(22)19(13)17(21)12(8-20)11-6-14(23-3)16(25-5)15(7-11)24-4/h6-7,10,12-13,20H,8-9H2,1-5H3/t12-,13+/m1/s1. The lowest BCUT2D eigenvalue weighted by Gasteiger charge is -2.26. The van der Waals surface area contributed by atoms with Gasteiger partial charge in [0, 0.05) is 0 Å². The SMILES string of the molecule is COc1cc([C@@H](CO)C(=O)N2C(=O)OC[C@H]2C(C)C)cc(OC)c1OC. The summed E-state index contributed by atoms with van der Waals surface area (Å²) in [6, 6.07) is 2.81. The Bertz CT molecular complexity index is 648. The third kappa shape index (κ3) is 3.55. The van der Waals surface area contributed by atoms with Gasteiger partial charge < -0.3 is 24.1 Å². The molecular weight excluding hydrogens is 342 g/mol. The molecule has 1 fully saturated rings. The second-order valence-corrected chi connectivity index (χ2v) is 6.29. The van der Waals surface area contributed by atoms with Gasteiger partial charge in [0.2, 0.25) is 11.7 Å². The molecule has 0 bridgehead atoms. The number of aliphatic hydroxyl groups is 1. The first-order valence-electron chi connectivity index (χ1n) is 8.30. The molecule has 2 amide bonds. The number of rotatable bonds is 7. The summed E-state index contributed by atoms with van der Waals surface area (Å²) in [6.45, 7) is 3.47. The number of nitrogens with zero attached hydrogens (tertiary/aromatic N) is 1. The molecule has 0 spiro atoms. The highest BCUT2D eigenvalue weighted by atomic mass is 16.6. The quantitative estimate of drug-likeness (QED) is 0.785. The smallest absolute Gasteiger partial charge is 0.417 e. The molecule has 144 valence electrons. The van der Waals surface area contributed by atoms with Crippen molar-refractivity contribution in [3.63, 3.8) is 0 Å². The number of amides is 2. The largest absolute Gasteiger partial charge is 0.493 e. The lowest BCUT2D eigenvalue weighted by Crippen LogP contribution is -2.45. The molecule has 1 aromatic rings. The fourth-order valence-corrected chi connectivity index (χ4v) is 2.98. The second-order valence-electron chi connectivity index (χ2n) is 6.29. The first kappa shape index (κ1) is 19.8. The van der Waals surface area contributed by atoms with Gasteiger partial charge in [0.15, 0.2) is 11.5 Å². The van der Waals surface area contributed by atoms with Crippen LogP contribution in [0.15, 0.2) is 12.1 Å². The Morgan fingerprint density at radius 1 is 1.23 bits per heavy atom. The number of aliphatic hydroxyl groups excluding tert-OH is 1. The molecule has 1 aliphatic rings. The zero-order valence-electron chi connectivity index (χ0n) is 15.6. The maximum absolute atomic E-state index is 13.0. The van der Waals surface area contributed by atoms with E-state index in [4.69, 9.17) is 18.9 Å². The van der Waals surface area contributed by atoms with Crippen molar-refractivity contribution < 1.29 is 33.6 Å². The number of methoxy groups -OCH3 is 3. The normalized spacial score (nSPS) is 17.9. The van der Waals surface area contributed by atoms with Crippen molar-refractivity contribution in [2.24, 2.45) is 5.92 Å². The van der Waals surface area contributed by atoms with Gasteiger partial charge in [-0.15, -0.1) is 0 Å². The summed E-state index contributed by atoms with van der Waals surface area (Å²) >= 11 is 0. The molecule has 0 unspecified atom stereocenters. The summed E-state index contributed by atoms with van der Waals surface area (Å²) in [5.41, 5.74) is 0.453. The fraction of sp³-hybridized carbons (Fsp3) is 0.556. The highest BCUT2D eigenvalue weighted by Crippen LogP contribution is 2.40. The van der Waals surface area contributed by atoms with Crippen LogP contribution in [0.25, 0.3) is 0 Å². The summed E-state index contributed by atoms with van der Waals surface area (Å²) in [5.74, 6) is -0.359. The van der Waals surface area contributed by atoms with Crippen molar-refractivity contribution >= 4 is 12.0 Å². The first-order valence-corrected chi connectivity index (χ1v) is 8.30. The minimum Gasteiger partial charge on any atom is -0.493 e. The highest BCUT2D eigenvalue weighted by molar-refractivity contribution is 5.97. The Morgan fingerprint density at radius 2 is 1.81 bits per heavy atom. The molecule has 26 heavy (non-hydrogen) atoms. The minimum atomic E-state index is -0.962. The van der Waals surface area contributed by atoms with Crippen LogP contribution in [0.3, 0.4) is 0 Å². The Kier molecular flexibility index (Phi) is 6.31. The van der Waals surface area contributed by atoms with Gasteiger partial charge in [-0.05, 0) is 23.6 Å². The van der Waals surface area contributed by atoms with E-state index in [0.717, 1.165) is 4.90 Å². The molecule has 1 aromatic carbocycles. The van der Waals surface area contributed by atoms with Gasteiger partial charge in [0.1, 0.15) is 6.61 Å². The van der Waals surface area contributed by atoms with Crippen molar-refractivity contribution in [2.45, 2.75) is 25.8 Å². The van der Waals surface area contributed by atoms with Crippen molar-refractivity contribution in [3.8, 4) is 17.2 Å². The lowest BCUT2D eigenvalue weighted by atomic mass is 9.95. The fourth-order valence-electron chi connectivity index (χ4n) is 2.98. The Balaban J connectivity index is 2.44. The van der Waals surface area contributed by atoms with Crippen LogP contribution < -0.4 is 14.2 Å². The van der Waals surface area contributed by atoms with Gasteiger partial charge in [0.05, 0.1) is 39.9 Å². The topological polar surface area (TPSA) is 94.5 Å². The van der Waals surface area contributed by atoms with Gasteiger partial charge in [-0.2, -0.15) is 0 Å². The predicted octanol–water partition coefficient (Wildman–Crippen LogP) is 1.79. The number of cyclic esters (lactones) is 1. The zero-order valence-corrected chi connectivity index (χ0v) is 15.6. The van der Waals surface area contributed by atoms with E-state index >= 15 is 0 Å². The van der Waals surface area contributed by atoms with Crippen LogP contribution in [0.4, 0.5) is 4.79 Å². The van der Waals surface area contributed by atoms with Crippen LogP contribution in [0.1, 0.15) is 25.3 Å². The van der Waals surface area contributed by atoms with E-state index in [1.54, 1.807) is 12.1 Å². The maximum atomic E-state index is 13.0. The molecular formula is C18H25NO7. The van der Waals surface area contributed by atoms with Crippen LogP contribution in [0, 0.1) is 5.92 Å². The number of carbonyl (C=O) groups excluding carboxylic acids is 2. The van der Waals surface area contributed by atoms with Crippen molar-refractivity contribution in [1.29, 1.82) is 0 Å². The van der Waals surface area contributed by atoms with Crippen LogP contribution in [-0.4, -0.2) is 62.6 Å². The average molecular weight is 367 g/mol. The molecule has 8 nitrogen and oxygen atoms in total. The number of carbonyl (C=O) groups is 2. The van der Waals surface area contributed by atoms with E-state index in [0.29, 0.717) is 22.8 Å². The van der Waals surface area contributed by atoms with Crippen molar-refractivity contribution in [2.75, 3.05) is 34.5 Å². The van der Waals surface area contributed by atoms with Gasteiger partial charge in [-0.25, -0.2) is 9.69 Å². The molecule has 0 saturated carbocycles. The van der Waals surface area contributed by atoms with Crippen molar-refractivity contribution in [3.05, 3.63) is 17.7 Å². The van der Waals surface area contributed by atoms with E-state index < -0.39 is 24.5 Å². The van der Waals surface area contributed by atoms with Gasteiger partial charge in [0.25, 0.3) is 0 Å². The Labute approximate surface area is 152 Å². The first-order chi connectivity index (χ1) is 12.4. The monoisotopic (exact) mass is 367 g/mol. The van der Waals surface area contributed by atoms with E-state index in [9.17, 15) is 14.7 Å². The molecule has 1 aliphatic heterocycles. The van der Waals surface area contributed by atoms with E-state index in [1.807, 2.05) is 13.8 Å². The lowest BCUT2D eigenvalue weighted by molar-refractivity contribution is -0.132. The minimum absolute atomic E-state index is 0.0321. The van der Waals surface area contributed by atoms with Gasteiger partial charge in [-0.1, -0.05) is 13.8 Å². The molecule has 0 aromatic heterocycles. The Morgan fingerprint density at radius 3 is 2.23 bits per heavy atom. The summed E-state index contributed by atoms with van der Waals surface area (Å²) in [5, 5.41) is 9.86. The molecule has 0 radical (unpaired) electrons. The maximum Gasteiger partial charge on any atom is 0.417 e. The highest BCUT2D eigenvalue weighted by Gasteiger charge is 2.42. The molecule has 1 N–H and O–H groups in total. The van der Waals surface area contributed by atoms with Crippen LogP contribution in [0.2, 0.25) is 0 Å². The van der Waals surface area contributed by atoms with Gasteiger partial charge in [-0.3, -0.25) is 4.79 Å². The van der Waals surface area contributed by atoms with Crippen LogP contribution in [0.5, 0.6) is 17.2 Å². The number of imide groups is 1. The number of ether oxygens (including phenoxy) is 4. The number of benzene rings is 1. The molecule has 1 heterocycles. The molecule has 0 aliphatic carbocycles. The third-order valence-corrected chi connectivity index (χ3v) is 4.48. The van der Waals surface area contributed by atoms with Crippen molar-refractivity contribution in [1.82, 2.24) is 4.90 Å². The summed E-state index contributed by atoms with van der Waals surface area (Å²) in [6.07, 6.45) is -0.695. The van der Waals surface area contributed by atoms with E-state index in [2.05, 4.69) is 0 Å². The van der Waals surface area contributed by atoms with Gasteiger partial charge >= 0.3 is 6.09 Å². The molecule has 1 saturated heterocycles. The zero-order chi connectivity index (χ0) is 19.4. The summed E-state index contributed by atoms with van der Waals surface area (Å²) in [4.78, 5) is 26.2. The predicted molar refractivity (Wildman–Crippen MR) is 92.7 cm³/mol. The third-order valence-electron chi connectivity index (χ3n) is 4.48. The second kappa shape index (κ2) is 8.27. The van der Waals surface area contributed by atoms with E-state index in [1.165, 1.54) is 21.3 Å². The summed E-state index contributed by atoms with van der Waals surface area (Å²) < 4.78 is 20.9. The molecule has 8 heteroatoms.